The van der Waals surface area contributed by atoms with Gasteiger partial charge >= 0.3 is 0 Å². The first-order valence-electron chi connectivity index (χ1n) is 14.0. The molecule has 0 aliphatic rings. The van der Waals surface area contributed by atoms with E-state index in [0.717, 1.165) is 44.3 Å². The van der Waals surface area contributed by atoms with Gasteiger partial charge in [0.05, 0.1) is 11.9 Å². The molecule has 0 radical (unpaired) electrons. The Balaban J connectivity index is 1.15. The van der Waals surface area contributed by atoms with Crippen molar-refractivity contribution < 1.29 is 4.42 Å². The van der Waals surface area contributed by atoms with Crippen LogP contribution in [0.2, 0.25) is 0 Å². The van der Waals surface area contributed by atoms with E-state index < -0.39 is 0 Å². The molecule has 0 aliphatic heterocycles. The van der Waals surface area contributed by atoms with Gasteiger partial charge in [0.25, 0.3) is 0 Å². The Hall–Kier alpha value is -5.32. The second kappa shape index (κ2) is 9.10. The minimum Gasteiger partial charge on any atom is -0.436 e. The van der Waals surface area contributed by atoms with Crippen molar-refractivity contribution >= 4 is 64.5 Å². The van der Waals surface area contributed by atoms with Crippen LogP contribution in [0.25, 0.3) is 86.7 Å². The standard InChI is InChI=1S/C38H22N2OS/c1-2-12-27-23(8-1)9-6-15-29(27)33-22-39-36-32-21-25(18-19-34(32)41-38(36)40-33)24-10-5-11-26(20-24)28-14-7-16-31-30-13-3-4-17-35(30)42-37(28)31/h1-22H. The molecule has 0 unspecified atom stereocenters. The molecule has 0 bridgehead atoms. The van der Waals surface area contributed by atoms with Crippen molar-refractivity contribution in [1.29, 1.82) is 0 Å². The normalized spacial score (nSPS) is 11.8. The van der Waals surface area contributed by atoms with Crippen LogP contribution in [0.4, 0.5) is 0 Å². The predicted octanol–water partition coefficient (Wildman–Crippen LogP) is 10.9. The first kappa shape index (κ1) is 23.4. The molecule has 196 valence electrons. The Labute approximate surface area is 245 Å². The molecule has 3 aromatic heterocycles. The Kier molecular flexibility index (Phi) is 5.07. The van der Waals surface area contributed by atoms with Crippen molar-refractivity contribution in [1.82, 2.24) is 9.97 Å². The van der Waals surface area contributed by atoms with E-state index in [9.17, 15) is 0 Å². The molecule has 0 aliphatic carbocycles. The lowest BCUT2D eigenvalue weighted by molar-refractivity contribution is 0.653. The van der Waals surface area contributed by atoms with Gasteiger partial charge in [-0.25, -0.2) is 9.97 Å². The third-order valence-electron chi connectivity index (χ3n) is 8.16. The number of fused-ring (bicyclic) bond motifs is 7. The molecule has 4 heteroatoms. The van der Waals surface area contributed by atoms with Crippen LogP contribution in [0.3, 0.4) is 0 Å². The van der Waals surface area contributed by atoms with Gasteiger partial charge in [-0.05, 0) is 57.3 Å². The highest BCUT2D eigenvalue weighted by molar-refractivity contribution is 7.26. The lowest BCUT2D eigenvalue weighted by Crippen LogP contribution is -1.88. The van der Waals surface area contributed by atoms with Crippen molar-refractivity contribution in [3.05, 3.63) is 134 Å². The van der Waals surface area contributed by atoms with E-state index in [0.29, 0.717) is 5.71 Å². The molecular weight excluding hydrogens is 532 g/mol. The maximum Gasteiger partial charge on any atom is 0.246 e. The largest absolute Gasteiger partial charge is 0.436 e. The van der Waals surface area contributed by atoms with Crippen molar-refractivity contribution in [3.63, 3.8) is 0 Å². The summed E-state index contributed by atoms with van der Waals surface area (Å²) in [6, 6.07) is 45.0. The number of hydrogen-bond donors (Lipinski definition) is 0. The van der Waals surface area contributed by atoms with Crippen LogP contribution in [-0.2, 0) is 0 Å². The van der Waals surface area contributed by atoms with Gasteiger partial charge in [0.2, 0.25) is 5.71 Å². The van der Waals surface area contributed by atoms with Gasteiger partial charge in [0.15, 0.2) is 0 Å². The summed E-state index contributed by atoms with van der Waals surface area (Å²) in [5, 5.41) is 5.93. The van der Waals surface area contributed by atoms with E-state index in [1.807, 2.05) is 23.6 Å². The molecule has 9 rings (SSSR count). The SMILES string of the molecule is c1cc(-c2ccc3oc4nc(-c5cccc6ccccc56)cnc4c3c2)cc(-c2cccc3c2sc2ccccc23)c1. The molecule has 9 aromatic rings. The highest BCUT2D eigenvalue weighted by atomic mass is 32.1. The summed E-state index contributed by atoms with van der Waals surface area (Å²) < 4.78 is 8.86. The summed E-state index contributed by atoms with van der Waals surface area (Å²) in [6.45, 7) is 0. The average molecular weight is 555 g/mol. The van der Waals surface area contributed by atoms with Gasteiger partial charge in [0, 0.05) is 31.1 Å². The Morgan fingerprint density at radius 1 is 0.548 bits per heavy atom. The fraction of sp³-hybridized carbons (Fsp3) is 0. The minimum absolute atomic E-state index is 0.553. The number of aromatic nitrogens is 2. The Morgan fingerprint density at radius 2 is 1.29 bits per heavy atom. The van der Waals surface area contributed by atoms with Crippen LogP contribution in [0, 0.1) is 0 Å². The number of furan rings is 1. The van der Waals surface area contributed by atoms with Gasteiger partial charge in [-0.2, -0.15) is 0 Å². The van der Waals surface area contributed by atoms with Crippen LogP contribution in [0.15, 0.2) is 138 Å². The van der Waals surface area contributed by atoms with Crippen molar-refractivity contribution in [3.8, 4) is 33.5 Å². The smallest absolute Gasteiger partial charge is 0.246 e. The highest BCUT2D eigenvalue weighted by Gasteiger charge is 2.15. The Bertz CT molecular complexity index is 2480. The van der Waals surface area contributed by atoms with E-state index >= 15 is 0 Å². The maximum absolute atomic E-state index is 6.22. The number of benzene rings is 6. The number of hydrogen-bond acceptors (Lipinski definition) is 4. The van der Waals surface area contributed by atoms with Gasteiger partial charge in [-0.3, -0.25) is 0 Å². The van der Waals surface area contributed by atoms with Crippen LogP contribution in [0.5, 0.6) is 0 Å². The van der Waals surface area contributed by atoms with Gasteiger partial charge in [0.1, 0.15) is 11.1 Å². The van der Waals surface area contributed by atoms with Gasteiger partial charge in [-0.15, -0.1) is 11.3 Å². The third kappa shape index (κ3) is 3.59. The van der Waals surface area contributed by atoms with Crippen LogP contribution in [-0.4, -0.2) is 9.97 Å². The first-order chi connectivity index (χ1) is 20.8. The fourth-order valence-electron chi connectivity index (χ4n) is 6.14. The van der Waals surface area contributed by atoms with E-state index in [-0.39, 0.29) is 0 Å². The average Bonchev–Trinajstić information content (AvgIpc) is 3.62. The summed E-state index contributed by atoms with van der Waals surface area (Å²) in [7, 11) is 0. The molecule has 0 atom stereocenters. The summed E-state index contributed by atoms with van der Waals surface area (Å²) in [5.41, 5.74) is 8.72. The predicted molar refractivity (Wildman–Crippen MR) is 176 cm³/mol. The van der Waals surface area contributed by atoms with Crippen molar-refractivity contribution in [2.24, 2.45) is 0 Å². The van der Waals surface area contributed by atoms with Crippen molar-refractivity contribution in [2.45, 2.75) is 0 Å². The minimum atomic E-state index is 0.553. The quantitative estimate of drug-likeness (QED) is 0.218. The van der Waals surface area contributed by atoms with Gasteiger partial charge in [-0.1, -0.05) is 103 Å². The van der Waals surface area contributed by atoms with E-state index in [1.54, 1.807) is 0 Å². The zero-order valence-electron chi connectivity index (χ0n) is 22.4. The van der Waals surface area contributed by atoms with Crippen LogP contribution in [0.1, 0.15) is 0 Å². The fourth-order valence-corrected chi connectivity index (χ4v) is 7.37. The number of thiophene rings is 1. The molecular formula is C38H22N2OS. The molecule has 3 nitrogen and oxygen atoms in total. The van der Waals surface area contributed by atoms with Crippen LogP contribution >= 0.6 is 11.3 Å². The van der Waals surface area contributed by atoms with E-state index in [2.05, 4.69) is 121 Å². The molecule has 0 amide bonds. The highest BCUT2D eigenvalue weighted by Crippen LogP contribution is 2.41. The summed E-state index contributed by atoms with van der Waals surface area (Å²) >= 11 is 1.86. The molecule has 0 N–H and O–H groups in total. The third-order valence-corrected chi connectivity index (χ3v) is 9.38. The second-order valence-electron chi connectivity index (χ2n) is 10.6. The Morgan fingerprint density at radius 3 is 2.26 bits per heavy atom. The summed E-state index contributed by atoms with van der Waals surface area (Å²) in [4.78, 5) is 9.76. The first-order valence-corrected chi connectivity index (χ1v) is 14.8. The lowest BCUT2D eigenvalue weighted by Gasteiger charge is -2.08. The maximum atomic E-state index is 6.22. The van der Waals surface area contributed by atoms with Crippen LogP contribution < -0.4 is 0 Å². The summed E-state index contributed by atoms with van der Waals surface area (Å²) in [6.07, 6.45) is 1.86. The van der Waals surface area contributed by atoms with Gasteiger partial charge < -0.3 is 4.42 Å². The number of nitrogens with zero attached hydrogens (tertiary/aromatic N) is 2. The molecule has 0 saturated heterocycles. The lowest BCUT2D eigenvalue weighted by atomic mass is 9.97. The molecule has 0 spiro atoms. The molecule has 0 fully saturated rings. The number of rotatable bonds is 3. The molecule has 6 aromatic carbocycles. The molecule has 3 heterocycles. The van der Waals surface area contributed by atoms with Crippen molar-refractivity contribution in [2.75, 3.05) is 0 Å². The van der Waals surface area contributed by atoms with E-state index in [1.165, 1.54) is 36.7 Å². The zero-order valence-corrected chi connectivity index (χ0v) is 23.2. The second-order valence-corrected chi connectivity index (χ2v) is 11.7. The summed E-state index contributed by atoms with van der Waals surface area (Å²) in [5.74, 6) is 0. The topological polar surface area (TPSA) is 38.9 Å². The van der Waals surface area contributed by atoms with E-state index in [4.69, 9.17) is 14.4 Å². The molecule has 42 heavy (non-hydrogen) atoms. The zero-order chi connectivity index (χ0) is 27.6. The molecule has 0 saturated carbocycles. The monoisotopic (exact) mass is 554 g/mol.